The van der Waals surface area contributed by atoms with Gasteiger partial charge in [-0.05, 0) is 42.4 Å². The van der Waals surface area contributed by atoms with Crippen molar-refractivity contribution in [3.8, 4) is 0 Å². The second-order valence-corrected chi connectivity index (χ2v) is 5.43. The van der Waals surface area contributed by atoms with E-state index in [1.165, 1.54) is 37.4 Å². The number of nitrogens with one attached hydrogen (secondary N) is 1. The molecule has 0 aliphatic rings. The van der Waals surface area contributed by atoms with Gasteiger partial charge < -0.3 is 5.32 Å². The van der Waals surface area contributed by atoms with E-state index < -0.39 is 23.6 Å². The molecule has 0 amide bonds. The van der Waals surface area contributed by atoms with E-state index in [4.69, 9.17) is 0 Å². The van der Waals surface area contributed by atoms with Crippen LogP contribution in [0, 0.1) is 5.82 Å². The van der Waals surface area contributed by atoms with Crippen LogP contribution < -0.4 is 5.32 Å². The first kappa shape index (κ1) is 16.0. The largest absolute Gasteiger partial charge is 0.416 e. The summed E-state index contributed by atoms with van der Waals surface area (Å²) in [6, 6.07) is 8.60. The lowest BCUT2D eigenvalue weighted by Gasteiger charge is -2.22. The van der Waals surface area contributed by atoms with E-state index in [1.54, 1.807) is 6.07 Å². The van der Waals surface area contributed by atoms with Gasteiger partial charge in [0.15, 0.2) is 0 Å². The van der Waals surface area contributed by atoms with Gasteiger partial charge in [0.2, 0.25) is 0 Å². The summed E-state index contributed by atoms with van der Waals surface area (Å²) in [4.78, 5) is 0. The van der Waals surface area contributed by atoms with Crippen LogP contribution in [0.25, 0.3) is 0 Å². The number of benzene rings is 2. The molecule has 0 heterocycles. The summed E-state index contributed by atoms with van der Waals surface area (Å²) in [7, 11) is 1.54. The molecule has 2 aromatic rings. The van der Waals surface area contributed by atoms with Gasteiger partial charge >= 0.3 is 6.18 Å². The second kappa shape index (κ2) is 6.15. The molecule has 6 heteroatoms. The highest BCUT2D eigenvalue weighted by molar-refractivity contribution is 9.10. The molecule has 0 radical (unpaired) electrons. The van der Waals surface area contributed by atoms with Gasteiger partial charge in [0.25, 0.3) is 0 Å². The van der Waals surface area contributed by atoms with Crippen LogP contribution in [0.15, 0.2) is 46.9 Å². The highest BCUT2D eigenvalue weighted by atomic mass is 79.9. The molecule has 0 saturated carbocycles. The molecule has 21 heavy (non-hydrogen) atoms. The van der Waals surface area contributed by atoms with Crippen LogP contribution in [-0.4, -0.2) is 7.05 Å². The van der Waals surface area contributed by atoms with E-state index in [-0.39, 0.29) is 5.56 Å². The van der Waals surface area contributed by atoms with Gasteiger partial charge in [0, 0.05) is 4.47 Å². The Morgan fingerprint density at radius 1 is 1.10 bits per heavy atom. The van der Waals surface area contributed by atoms with Crippen LogP contribution in [-0.2, 0) is 6.18 Å². The highest BCUT2D eigenvalue weighted by Crippen LogP contribution is 2.36. The molecule has 2 rings (SSSR count). The highest BCUT2D eigenvalue weighted by Gasteiger charge is 2.35. The summed E-state index contributed by atoms with van der Waals surface area (Å²) < 4.78 is 53.3. The Bertz CT molecular complexity index is 620. The number of halogens is 5. The molecule has 1 N–H and O–H groups in total. The van der Waals surface area contributed by atoms with Crippen LogP contribution in [0.2, 0.25) is 0 Å². The normalized spacial score (nSPS) is 13.2. The number of rotatable bonds is 3. The third kappa shape index (κ3) is 3.63. The van der Waals surface area contributed by atoms with Crippen molar-refractivity contribution in [1.82, 2.24) is 5.32 Å². The zero-order valence-electron chi connectivity index (χ0n) is 11.0. The molecule has 1 nitrogen and oxygen atoms in total. The molecule has 1 unspecified atom stereocenters. The first-order valence-electron chi connectivity index (χ1n) is 6.12. The van der Waals surface area contributed by atoms with E-state index in [9.17, 15) is 17.6 Å². The zero-order valence-corrected chi connectivity index (χ0v) is 12.6. The van der Waals surface area contributed by atoms with E-state index in [2.05, 4.69) is 21.2 Å². The quantitative estimate of drug-likeness (QED) is 0.765. The van der Waals surface area contributed by atoms with Crippen LogP contribution >= 0.6 is 15.9 Å². The fraction of sp³-hybridized carbons (Fsp3) is 0.200. The van der Waals surface area contributed by atoms with Crippen LogP contribution in [0.1, 0.15) is 22.7 Å². The molecule has 0 saturated heterocycles. The predicted molar refractivity (Wildman–Crippen MR) is 76.4 cm³/mol. The summed E-state index contributed by atoms with van der Waals surface area (Å²) in [5.74, 6) is -0.510. The number of hydrogen-bond donors (Lipinski definition) is 1. The molecule has 0 aliphatic carbocycles. The van der Waals surface area contributed by atoms with Gasteiger partial charge in [-0.2, -0.15) is 13.2 Å². The Labute approximate surface area is 128 Å². The van der Waals surface area contributed by atoms with Crippen molar-refractivity contribution in [3.63, 3.8) is 0 Å². The van der Waals surface area contributed by atoms with Gasteiger partial charge in [0.1, 0.15) is 5.82 Å². The summed E-state index contributed by atoms with van der Waals surface area (Å²) in [5, 5.41) is 2.81. The van der Waals surface area contributed by atoms with Crippen molar-refractivity contribution >= 4 is 15.9 Å². The molecular weight excluding hydrogens is 350 g/mol. The number of alkyl halides is 3. The monoisotopic (exact) mass is 361 g/mol. The van der Waals surface area contributed by atoms with Crippen molar-refractivity contribution in [2.75, 3.05) is 7.05 Å². The summed E-state index contributed by atoms with van der Waals surface area (Å²) in [6.07, 6.45) is -4.46. The third-order valence-corrected chi connectivity index (χ3v) is 3.54. The van der Waals surface area contributed by atoms with Crippen molar-refractivity contribution in [2.45, 2.75) is 12.2 Å². The van der Waals surface area contributed by atoms with Gasteiger partial charge in [-0.25, -0.2) is 4.39 Å². The van der Waals surface area contributed by atoms with Gasteiger partial charge in [-0.1, -0.05) is 34.1 Å². The van der Waals surface area contributed by atoms with Crippen molar-refractivity contribution in [2.24, 2.45) is 0 Å². The van der Waals surface area contributed by atoms with Gasteiger partial charge in [-0.3, -0.25) is 0 Å². The molecular formula is C15H12BrF4N. The maximum Gasteiger partial charge on any atom is 0.416 e. The smallest absolute Gasteiger partial charge is 0.309 e. The van der Waals surface area contributed by atoms with E-state index in [1.807, 2.05) is 0 Å². The van der Waals surface area contributed by atoms with Gasteiger partial charge in [0.05, 0.1) is 11.6 Å². The van der Waals surface area contributed by atoms with Crippen molar-refractivity contribution < 1.29 is 17.6 Å². The first-order valence-corrected chi connectivity index (χ1v) is 6.91. The maximum atomic E-state index is 13.5. The van der Waals surface area contributed by atoms with Gasteiger partial charge in [-0.15, -0.1) is 0 Å². The maximum absolute atomic E-state index is 13.5. The van der Waals surface area contributed by atoms with E-state index in [0.29, 0.717) is 10.0 Å². The predicted octanol–water partition coefficient (Wildman–Crippen LogP) is 4.92. The van der Waals surface area contributed by atoms with E-state index >= 15 is 0 Å². The van der Waals surface area contributed by atoms with Crippen molar-refractivity contribution in [3.05, 3.63) is 69.4 Å². The summed E-state index contributed by atoms with van der Waals surface area (Å²) in [6.45, 7) is 0. The second-order valence-electron chi connectivity index (χ2n) is 4.51. The Kier molecular flexibility index (Phi) is 4.68. The van der Waals surface area contributed by atoms with Crippen molar-refractivity contribution in [1.29, 1.82) is 0 Å². The summed E-state index contributed by atoms with van der Waals surface area (Å²) >= 11 is 3.15. The standard InChI is InChI=1S/C15H12BrF4N/c1-21-14(9-6-10(16)8-11(17)7-9)12-4-2-3-5-13(12)15(18,19)20/h2-8,14,21H,1H3. The van der Waals surface area contributed by atoms with Crippen LogP contribution in [0.3, 0.4) is 0 Å². The lowest BCUT2D eigenvalue weighted by atomic mass is 9.94. The minimum Gasteiger partial charge on any atom is -0.309 e. The van der Waals surface area contributed by atoms with Crippen LogP contribution in [0.5, 0.6) is 0 Å². The minimum atomic E-state index is -4.46. The molecule has 2 aromatic carbocycles. The van der Waals surface area contributed by atoms with Crippen LogP contribution in [0.4, 0.5) is 17.6 Å². The number of hydrogen-bond acceptors (Lipinski definition) is 1. The fourth-order valence-electron chi connectivity index (χ4n) is 2.25. The average Bonchev–Trinajstić information content (AvgIpc) is 2.38. The lowest BCUT2D eigenvalue weighted by molar-refractivity contribution is -0.138. The Morgan fingerprint density at radius 2 is 1.76 bits per heavy atom. The summed E-state index contributed by atoms with van der Waals surface area (Å²) in [5.41, 5.74) is -0.254. The third-order valence-electron chi connectivity index (χ3n) is 3.08. The minimum absolute atomic E-state index is 0.0602. The Morgan fingerprint density at radius 3 is 2.33 bits per heavy atom. The molecule has 1 atom stereocenters. The SMILES string of the molecule is CNC(c1cc(F)cc(Br)c1)c1ccccc1C(F)(F)F. The Balaban J connectivity index is 2.57. The molecule has 0 fully saturated rings. The average molecular weight is 362 g/mol. The van der Waals surface area contributed by atoms with E-state index in [0.717, 1.165) is 6.07 Å². The zero-order chi connectivity index (χ0) is 15.6. The molecule has 0 aromatic heterocycles. The molecule has 0 spiro atoms. The first-order chi connectivity index (χ1) is 9.82. The molecule has 0 aliphatic heterocycles. The topological polar surface area (TPSA) is 12.0 Å². The Hall–Kier alpha value is -1.40. The lowest BCUT2D eigenvalue weighted by Crippen LogP contribution is -2.22. The fourth-order valence-corrected chi connectivity index (χ4v) is 2.73. The molecule has 0 bridgehead atoms. The molecule has 112 valence electrons.